The van der Waals surface area contributed by atoms with Crippen molar-refractivity contribution in [2.24, 2.45) is 5.73 Å². The minimum absolute atomic E-state index is 0.166. The number of oxazole rings is 1. The number of aromatic nitrogens is 3. The zero-order valence-electron chi connectivity index (χ0n) is 15.8. The van der Waals surface area contributed by atoms with Crippen molar-refractivity contribution >= 4 is 51.5 Å². The van der Waals surface area contributed by atoms with Gasteiger partial charge in [0.05, 0.1) is 16.9 Å². The van der Waals surface area contributed by atoms with Crippen LogP contribution in [-0.2, 0) is 11.2 Å². The lowest BCUT2D eigenvalue weighted by Crippen LogP contribution is -2.12. The molecule has 0 unspecified atom stereocenters. The fraction of sp³-hybridized carbons (Fsp3) is 0.100. The number of nitrogens with two attached hydrogens (primary N) is 1. The Morgan fingerprint density at radius 1 is 1.26 bits per heavy atom. The van der Waals surface area contributed by atoms with Gasteiger partial charge in [0, 0.05) is 40.6 Å². The lowest BCUT2D eigenvalue weighted by molar-refractivity contribution is -0.116. The van der Waals surface area contributed by atoms with Crippen LogP contribution in [0.1, 0.15) is 22.8 Å². The van der Waals surface area contributed by atoms with Gasteiger partial charge in [0.15, 0.2) is 16.8 Å². The van der Waals surface area contributed by atoms with E-state index in [0.29, 0.717) is 55.8 Å². The molecular formula is C20H15Cl2N5O3S. The second kappa shape index (κ2) is 8.93. The highest BCUT2D eigenvalue weighted by Crippen LogP contribution is 2.31. The highest BCUT2D eigenvalue weighted by Gasteiger charge is 2.14. The molecule has 0 aliphatic heterocycles. The number of hydrogen-bond acceptors (Lipinski definition) is 6. The molecule has 0 radical (unpaired) electrons. The van der Waals surface area contributed by atoms with Gasteiger partial charge in [-0.1, -0.05) is 23.2 Å². The molecule has 0 spiro atoms. The first kappa shape index (κ1) is 21.1. The first-order valence-corrected chi connectivity index (χ1v) is 10.7. The van der Waals surface area contributed by atoms with Crippen molar-refractivity contribution in [3.8, 4) is 22.6 Å². The summed E-state index contributed by atoms with van der Waals surface area (Å²) in [7, 11) is 0. The number of thiazole rings is 1. The molecule has 158 valence electrons. The van der Waals surface area contributed by atoms with Gasteiger partial charge in [-0.3, -0.25) is 9.59 Å². The first-order valence-electron chi connectivity index (χ1n) is 9.03. The van der Waals surface area contributed by atoms with Crippen LogP contribution in [0.3, 0.4) is 0 Å². The third kappa shape index (κ3) is 4.96. The van der Waals surface area contributed by atoms with Gasteiger partial charge in [-0.25, -0.2) is 9.97 Å². The van der Waals surface area contributed by atoms with E-state index in [9.17, 15) is 9.59 Å². The molecule has 0 saturated heterocycles. The summed E-state index contributed by atoms with van der Waals surface area (Å²) in [6.45, 7) is 0. The number of carbonyl (C=O) groups excluding carboxylic acids is 2. The van der Waals surface area contributed by atoms with Gasteiger partial charge in [0.1, 0.15) is 5.69 Å². The van der Waals surface area contributed by atoms with Crippen LogP contribution in [0.5, 0.6) is 0 Å². The summed E-state index contributed by atoms with van der Waals surface area (Å²) < 4.78 is 5.70. The number of benzene rings is 1. The van der Waals surface area contributed by atoms with Crippen LogP contribution in [0, 0.1) is 0 Å². The maximum Gasteiger partial charge on any atom is 0.265 e. The van der Waals surface area contributed by atoms with E-state index >= 15 is 0 Å². The maximum atomic E-state index is 12.3. The van der Waals surface area contributed by atoms with Crippen molar-refractivity contribution in [3.05, 3.63) is 63.7 Å². The molecule has 0 bridgehead atoms. The van der Waals surface area contributed by atoms with Gasteiger partial charge < -0.3 is 20.5 Å². The van der Waals surface area contributed by atoms with E-state index in [0.717, 1.165) is 0 Å². The fourth-order valence-electron chi connectivity index (χ4n) is 2.79. The topological polar surface area (TPSA) is 127 Å². The molecule has 3 heterocycles. The van der Waals surface area contributed by atoms with Crippen molar-refractivity contribution in [2.45, 2.75) is 12.8 Å². The molecule has 2 amide bonds. The van der Waals surface area contributed by atoms with Gasteiger partial charge in [0.2, 0.25) is 5.91 Å². The smallest absolute Gasteiger partial charge is 0.265 e. The Bertz CT molecular complexity index is 1260. The molecule has 0 fully saturated rings. The van der Waals surface area contributed by atoms with Crippen molar-refractivity contribution in [1.82, 2.24) is 15.0 Å². The number of rotatable bonds is 7. The number of carbonyl (C=O) groups is 2. The van der Waals surface area contributed by atoms with Gasteiger partial charge in [0.25, 0.3) is 5.91 Å². The SMILES string of the molecule is NC(=O)c1cc(-c2csc(NC(=O)CCc3ncc(-c4ccc(Cl)cc4Cl)o3)n2)c[nH]1. The summed E-state index contributed by atoms with van der Waals surface area (Å²) in [5, 5.41) is 5.96. The summed E-state index contributed by atoms with van der Waals surface area (Å²) in [4.78, 5) is 34.8. The molecular weight excluding hydrogens is 461 g/mol. The minimum Gasteiger partial charge on any atom is -0.441 e. The number of nitrogens with zero attached hydrogens (tertiary/aromatic N) is 2. The van der Waals surface area contributed by atoms with E-state index in [-0.39, 0.29) is 12.3 Å². The minimum atomic E-state index is -0.553. The Labute approximate surface area is 190 Å². The molecule has 3 aromatic heterocycles. The molecule has 4 rings (SSSR count). The van der Waals surface area contributed by atoms with Crippen LogP contribution in [0.15, 0.2) is 46.5 Å². The van der Waals surface area contributed by atoms with Crippen molar-refractivity contribution in [2.75, 3.05) is 5.32 Å². The van der Waals surface area contributed by atoms with E-state index in [2.05, 4.69) is 20.3 Å². The summed E-state index contributed by atoms with van der Waals surface area (Å²) in [6.07, 6.45) is 3.68. The van der Waals surface area contributed by atoms with Crippen molar-refractivity contribution in [1.29, 1.82) is 0 Å². The number of aryl methyl sites for hydroxylation is 1. The van der Waals surface area contributed by atoms with Gasteiger partial charge in [-0.05, 0) is 24.3 Å². The third-order valence-electron chi connectivity index (χ3n) is 4.31. The average molecular weight is 476 g/mol. The number of nitrogens with one attached hydrogen (secondary N) is 2. The Kier molecular flexibility index (Phi) is 6.08. The number of halogens is 2. The Balaban J connectivity index is 1.34. The van der Waals surface area contributed by atoms with Crippen LogP contribution >= 0.6 is 34.5 Å². The van der Waals surface area contributed by atoms with Gasteiger partial charge in [-0.15, -0.1) is 11.3 Å². The van der Waals surface area contributed by atoms with Crippen molar-refractivity contribution < 1.29 is 14.0 Å². The fourth-order valence-corrected chi connectivity index (χ4v) is 4.03. The largest absolute Gasteiger partial charge is 0.441 e. The Morgan fingerprint density at radius 2 is 2.10 bits per heavy atom. The van der Waals surface area contributed by atoms with Crippen LogP contribution < -0.4 is 11.1 Å². The lowest BCUT2D eigenvalue weighted by Gasteiger charge is -2.01. The number of anilines is 1. The first-order chi connectivity index (χ1) is 14.9. The zero-order chi connectivity index (χ0) is 22.0. The highest BCUT2D eigenvalue weighted by atomic mass is 35.5. The van der Waals surface area contributed by atoms with Crippen molar-refractivity contribution in [3.63, 3.8) is 0 Å². The number of primary amides is 1. The third-order valence-corrected chi connectivity index (χ3v) is 5.62. The van der Waals surface area contributed by atoms with E-state index in [1.54, 1.807) is 42.0 Å². The van der Waals surface area contributed by atoms with E-state index in [1.165, 1.54) is 11.3 Å². The lowest BCUT2D eigenvalue weighted by atomic mass is 10.2. The summed E-state index contributed by atoms with van der Waals surface area (Å²) >= 11 is 13.4. The second-order valence-corrected chi connectivity index (χ2v) is 8.20. The van der Waals surface area contributed by atoms with Crippen LogP contribution in [0.25, 0.3) is 22.6 Å². The highest BCUT2D eigenvalue weighted by molar-refractivity contribution is 7.14. The number of aromatic amines is 1. The number of H-pyrrole nitrogens is 1. The molecule has 0 aliphatic rings. The Morgan fingerprint density at radius 3 is 2.84 bits per heavy atom. The number of hydrogen-bond donors (Lipinski definition) is 3. The standard InChI is InChI=1S/C20H15Cl2N5O3S/c21-11-1-2-12(13(22)6-11)16-8-25-18(30-16)4-3-17(28)27-20-26-15(9-31-20)10-5-14(19(23)29)24-7-10/h1-2,5-9,24H,3-4H2,(H2,23,29)(H,26,27,28). The summed E-state index contributed by atoms with van der Waals surface area (Å²) in [6, 6.07) is 6.69. The average Bonchev–Trinajstić information content (AvgIpc) is 3.47. The zero-order valence-corrected chi connectivity index (χ0v) is 18.1. The molecule has 1 aromatic carbocycles. The van der Waals surface area contributed by atoms with Crippen LogP contribution in [0.2, 0.25) is 10.0 Å². The van der Waals surface area contributed by atoms with Crippen LogP contribution in [0.4, 0.5) is 5.13 Å². The summed E-state index contributed by atoms with van der Waals surface area (Å²) in [5.74, 6) is 0.144. The molecule has 0 saturated carbocycles. The van der Waals surface area contributed by atoms with E-state index in [4.69, 9.17) is 33.4 Å². The molecule has 11 heteroatoms. The summed E-state index contributed by atoms with van der Waals surface area (Å²) in [5.41, 5.74) is 7.53. The van der Waals surface area contributed by atoms with E-state index in [1.807, 2.05) is 0 Å². The monoisotopic (exact) mass is 475 g/mol. The predicted molar refractivity (Wildman–Crippen MR) is 119 cm³/mol. The molecule has 0 aliphatic carbocycles. The van der Waals surface area contributed by atoms with Crippen LogP contribution in [-0.4, -0.2) is 26.8 Å². The maximum absolute atomic E-state index is 12.3. The molecule has 4 N–H and O–H groups in total. The molecule has 31 heavy (non-hydrogen) atoms. The second-order valence-electron chi connectivity index (χ2n) is 6.49. The van der Waals surface area contributed by atoms with E-state index < -0.39 is 5.91 Å². The van der Waals surface area contributed by atoms with Gasteiger partial charge >= 0.3 is 0 Å². The molecule has 4 aromatic rings. The quantitative estimate of drug-likeness (QED) is 0.354. The normalized spacial score (nSPS) is 10.9. The molecule has 0 atom stereocenters. The predicted octanol–water partition coefficient (Wildman–Crippen LogP) is 4.77. The van der Waals surface area contributed by atoms with Gasteiger partial charge in [-0.2, -0.15) is 0 Å². The number of amides is 2. The molecule has 8 nitrogen and oxygen atoms in total. The Hall–Kier alpha value is -3.14.